The average molecular weight is 253 g/mol. The number of hydrogen-bond acceptors (Lipinski definition) is 4. The van der Waals surface area contributed by atoms with Crippen LogP contribution >= 0.6 is 0 Å². The smallest absolute Gasteiger partial charge is 0.158 e. The standard InChI is InChI=1S/C13H8FN5/c14-11-3-8(6-15)1-2-10(11)12-4-9(16)5-13-17-7-18-19(12)13/h1-5,7H,16H2. The Morgan fingerprint density at radius 1 is 1.26 bits per heavy atom. The summed E-state index contributed by atoms with van der Waals surface area (Å²) in [6.45, 7) is 0. The minimum Gasteiger partial charge on any atom is -0.399 e. The van der Waals surface area contributed by atoms with E-state index in [0.717, 1.165) is 0 Å². The van der Waals surface area contributed by atoms with Crippen molar-refractivity contribution in [1.29, 1.82) is 5.26 Å². The molecule has 0 saturated carbocycles. The average Bonchev–Trinajstić information content (AvgIpc) is 2.85. The first-order valence-electron chi connectivity index (χ1n) is 5.48. The van der Waals surface area contributed by atoms with Gasteiger partial charge >= 0.3 is 0 Å². The second-order valence-electron chi connectivity index (χ2n) is 4.01. The highest BCUT2D eigenvalue weighted by molar-refractivity contribution is 5.69. The van der Waals surface area contributed by atoms with Crippen LogP contribution in [0.2, 0.25) is 0 Å². The van der Waals surface area contributed by atoms with Crippen LogP contribution in [0.15, 0.2) is 36.7 Å². The quantitative estimate of drug-likeness (QED) is 0.719. The minimum absolute atomic E-state index is 0.264. The van der Waals surface area contributed by atoms with Gasteiger partial charge in [-0.3, -0.25) is 0 Å². The number of halogens is 1. The van der Waals surface area contributed by atoms with E-state index < -0.39 is 5.82 Å². The van der Waals surface area contributed by atoms with E-state index in [-0.39, 0.29) is 5.56 Å². The van der Waals surface area contributed by atoms with Gasteiger partial charge in [0.2, 0.25) is 0 Å². The Balaban J connectivity index is 2.30. The maximum absolute atomic E-state index is 14.0. The molecule has 3 rings (SSSR count). The van der Waals surface area contributed by atoms with Gasteiger partial charge < -0.3 is 5.73 Å². The number of benzene rings is 1. The van der Waals surface area contributed by atoms with Gasteiger partial charge in [0.1, 0.15) is 12.1 Å². The minimum atomic E-state index is -0.499. The molecule has 0 saturated heterocycles. The van der Waals surface area contributed by atoms with Gasteiger partial charge in [-0.2, -0.15) is 10.4 Å². The highest BCUT2D eigenvalue weighted by Gasteiger charge is 2.12. The summed E-state index contributed by atoms with van der Waals surface area (Å²) < 4.78 is 15.5. The molecule has 0 radical (unpaired) electrons. The number of nitrogens with zero attached hydrogens (tertiary/aromatic N) is 4. The molecule has 0 fully saturated rings. The number of nitrogen functional groups attached to an aromatic ring is 1. The second kappa shape index (κ2) is 4.07. The monoisotopic (exact) mass is 253 g/mol. The zero-order valence-electron chi connectivity index (χ0n) is 9.71. The Kier molecular flexibility index (Phi) is 2.39. The van der Waals surface area contributed by atoms with Crippen LogP contribution in [0.1, 0.15) is 5.56 Å². The first-order valence-corrected chi connectivity index (χ1v) is 5.48. The number of hydrogen-bond donors (Lipinski definition) is 1. The molecule has 0 aliphatic carbocycles. The summed E-state index contributed by atoms with van der Waals surface area (Å²) >= 11 is 0. The van der Waals surface area contributed by atoms with Crippen LogP contribution < -0.4 is 5.73 Å². The molecule has 3 aromatic rings. The summed E-state index contributed by atoms with van der Waals surface area (Å²) in [7, 11) is 0. The van der Waals surface area contributed by atoms with Gasteiger partial charge in [-0.1, -0.05) is 0 Å². The van der Waals surface area contributed by atoms with E-state index in [1.54, 1.807) is 18.2 Å². The molecular formula is C13H8FN5. The topological polar surface area (TPSA) is 80.0 Å². The number of rotatable bonds is 1. The summed E-state index contributed by atoms with van der Waals surface area (Å²) in [5, 5.41) is 12.8. The van der Waals surface area contributed by atoms with E-state index in [2.05, 4.69) is 10.1 Å². The summed E-state index contributed by atoms with van der Waals surface area (Å²) in [5.41, 5.74) is 7.86. The fourth-order valence-corrected chi connectivity index (χ4v) is 1.93. The molecule has 0 atom stereocenters. The van der Waals surface area contributed by atoms with Crippen LogP contribution in [0.5, 0.6) is 0 Å². The van der Waals surface area contributed by atoms with Crippen molar-refractivity contribution in [3.63, 3.8) is 0 Å². The Bertz CT molecular complexity index is 816. The number of anilines is 1. The lowest BCUT2D eigenvalue weighted by molar-refractivity contribution is 0.629. The first-order chi connectivity index (χ1) is 9.19. The zero-order chi connectivity index (χ0) is 13.4. The van der Waals surface area contributed by atoms with Crippen molar-refractivity contribution >= 4 is 11.3 Å². The largest absolute Gasteiger partial charge is 0.399 e. The van der Waals surface area contributed by atoms with Crippen LogP contribution in [0.25, 0.3) is 16.9 Å². The van der Waals surface area contributed by atoms with E-state index in [4.69, 9.17) is 11.0 Å². The first kappa shape index (κ1) is 11.2. The van der Waals surface area contributed by atoms with Gasteiger partial charge in [0, 0.05) is 17.3 Å². The van der Waals surface area contributed by atoms with Crippen LogP contribution in [0.4, 0.5) is 10.1 Å². The number of pyridine rings is 1. The zero-order valence-corrected chi connectivity index (χ0v) is 9.71. The number of aromatic nitrogens is 3. The van der Waals surface area contributed by atoms with Crippen LogP contribution in [0.3, 0.4) is 0 Å². The van der Waals surface area contributed by atoms with Crippen molar-refractivity contribution in [3.05, 3.63) is 48.0 Å². The van der Waals surface area contributed by atoms with Crippen molar-refractivity contribution in [2.75, 3.05) is 5.73 Å². The van der Waals surface area contributed by atoms with Gasteiger partial charge in [-0.05, 0) is 24.3 Å². The fourth-order valence-electron chi connectivity index (χ4n) is 1.93. The van der Waals surface area contributed by atoms with Crippen molar-refractivity contribution < 1.29 is 4.39 Å². The van der Waals surface area contributed by atoms with E-state index in [1.807, 2.05) is 6.07 Å². The van der Waals surface area contributed by atoms with Gasteiger partial charge in [0.25, 0.3) is 0 Å². The summed E-state index contributed by atoms with van der Waals surface area (Å²) in [4.78, 5) is 4.03. The molecule has 0 bridgehead atoms. The predicted octanol–water partition coefficient (Wildman–Crippen LogP) is 1.99. The van der Waals surface area contributed by atoms with E-state index in [9.17, 15) is 4.39 Å². The number of fused-ring (bicyclic) bond motifs is 1. The Morgan fingerprint density at radius 3 is 2.84 bits per heavy atom. The lowest BCUT2D eigenvalue weighted by atomic mass is 10.1. The molecule has 2 heterocycles. The summed E-state index contributed by atoms with van der Waals surface area (Å²) in [5.74, 6) is -0.499. The van der Waals surface area contributed by atoms with Crippen molar-refractivity contribution in [3.8, 4) is 17.3 Å². The van der Waals surface area contributed by atoms with Crippen LogP contribution in [-0.2, 0) is 0 Å². The highest BCUT2D eigenvalue weighted by Crippen LogP contribution is 2.25. The molecule has 2 N–H and O–H groups in total. The Morgan fingerprint density at radius 2 is 2.11 bits per heavy atom. The molecule has 0 amide bonds. The van der Waals surface area contributed by atoms with Gasteiger partial charge in [-0.15, -0.1) is 0 Å². The van der Waals surface area contributed by atoms with Crippen molar-refractivity contribution in [2.45, 2.75) is 0 Å². The highest BCUT2D eigenvalue weighted by atomic mass is 19.1. The Labute approximate surface area is 107 Å². The molecule has 2 aromatic heterocycles. The molecule has 0 unspecified atom stereocenters. The van der Waals surface area contributed by atoms with Gasteiger partial charge in [0.05, 0.1) is 17.3 Å². The lowest BCUT2D eigenvalue weighted by Crippen LogP contribution is -1.99. The number of nitriles is 1. The maximum atomic E-state index is 14.0. The summed E-state index contributed by atoms with van der Waals surface area (Å²) in [6, 6.07) is 9.42. The molecule has 0 spiro atoms. The Hall–Kier alpha value is -2.94. The van der Waals surface area contributed by atoms with Crippen LogP contribution in [-0.4, -0.2) is 14.6 Å². The molecule has 6 heteroatoms. The molecular weight excluding hydrogens is 245 g/mol. The third-order valence-electron chi connectivity index (χ3n) is 2.78. The van der Waals surface area contributed by atoms with Crippen molar-refractivity contribution in [1.82, 2.24) is 14.6 Å². The number of nitrogens with two attached hydrogens (primary N) is 1. The van der Waals surface area contributed by atoms with E-state index in [0.29, 0.717) is 22.6 Å². The molecule has 19 heavy (non-hydrogen) atoms. The third kappa shape index (κ3) is 1.77. The van der Waals surface area contributed by atoms with Gasteiger partial charge in [-0.25, -0.2) is 13.9 Å². The predicted molar refractivity (Wildman–Crippen MR) is 67.5 cm³/mol. The van der Waals surface area contributed by atoms with Gasteiger partial charge in [0.15, 0.2) is 5.65 Å². The maximum Gasteiger partial charge on any atom is 0.158 e. The van der Waals surface area contributed by atoms with Crippen LogP contribution in [0, 0.1) is 17.1 Å². The van der Waals surface area contributed by atoms with E-state index >= 15 is 0 Å². The lowest BCUT2D eigenvalue weighted by Gasteiger charge is -2.07. The third-order valence-corrected chi connectivity index (χ3v) is 2.78. The second-order valence-corrected chi connectivity index (χ2v) is 4.01. The molecule has 5 nitrogen and oxygen atoms in total. The SMILES string of the molecule is N#Cc1ccc(-c2cc(N)cc3ncnn23)c(F)c1. The molecule has 0 aliphatic rings. The molecule has 0 aliphatic heterocycles. The fraction of sp³-hybridized carbons (Fsp3) is 0. The normalized spacial score (nSPS) is 10.5. The summed E-state index contributed by atoms with van der Waals surface area (Å²) in [6.07, 6.45) is 1.37. The van der Waals surface area contributed by atoms with Crippen molar-refractivity contribution in [2.24, 2.45) is 0 Å². The van der Waals surface area contributed by atoms with E-state index in [1.165, 1.54) is 23.0 Å². The molecule has 92 valence electrons. The molecule has 1 aromatic carbocycles.